The third-order valence-corrected chi connectivity index (χ3v) is 5.00. The van der Waals surface area contributed by atoms with Crippen molar-refractivity contribution >= 4 is 41.3 Å². The molecule has 0 aliphatic rings. The van der Waals surface area contributed by atoms with Crippen molar-refractivity contribution in [2.45, 2.75) is 66.2 Å². The van der Waals surface area contributed by atoms with Gasteiger partial charge in [0.25, 0.3) is 5.91 Å². The first-order chi connectivity index (χ1) is 17.2. The molecule has 196 valence electrons. The minimum absolute atomic E-state index is 0.0594. The van der Waals surface area contributed by atoms with E-state index < -0.39 is 29.3 Å². The highest BCUT2D eigenvalue weighted by atomic mass is 16.6. The van der Waals surface area contributed by atoms with Crippen LogP contribution in [0, 0.1) is 6.92 Å². The number of aromatic nitrogens is 1. The van der Waals surface area contributed by atoms with Crippen molar-refractivity contribution in [1.29, 1.82) is 0 Å². The van der Waals surface area contributed by atoms with Gasteiger partial charge in [-0.05, 0) is 77.8 Å². The number of carbonyl (C=O) groups excluding carboxylic acids is 4. The van der Waals surface area contributed by atoms with Crippen LogP contribution in [0.5, 0.6) is 0 Å². The molecule has 0 saturated heterocycles. The fourth-order valence-corrected chi connectivity index (χ4v) is 3.42. The second kappa shape index (κ2) is 10.4. The Morgan fingerprint density at radius 1 is 0.946 bits per heavy atom. The van der Waals surface area contributed by atoms with E-state index >= 15 is 0 Å². The molecule has 10 nitrogen and oxygen atoms in total. The number of aryl methyl sites for hydroxylation is 1. The van der Waals surface area contributed by atoms with E-state index in [2.05, 4.69) is 5.16 Å². The Balaban J connectivity index is 2.00. The topological polar surface area (TPSA) is 119 Å². The number of carbonyl (C=O) groups is 4. The molecule has 37 heavy (non-hydrogen) atoms. The van der Waals surface area contributed by atoms with Gasteiger partial charge in [-0.1, -0.05) is 29.4 Å². The standard InChI is InChI=1S/C27H31N3O7/c1-17-10-8-9-11-19(17)23(32)29(16-31)15-18-12-13-21-20(14-18)22(28-37-21)30(24(33)35-26(2,3)4)25(34)36-27(5,6)7/h8-14,16H,15H2,1-7H3. The number of ether oxygens (including phenoxy) is 2. The number of benzene rings is 2. The Morgan fingerprint density at radius 3 is 2.08 bits per heavy atom. The molecular weight excluding hydrogens is 478 g/mol. The number of hydrogen-bond donors (Lipinski definition) is 0. The van der Waals surface area contributed by atoms with Crippen LogP contribution in [0.3, 0.4) is 0 Å². The Labute approximate surface area is 215 Å². The van der Waals surface area contributed by atoms with E-state index in [1.165, 1.54) is 0 Å². The summed E-state index contributed by atoms with van der Waals surface area (Å²) in [6.45, 7) is 11.7. The lowest BCUT2D eigenvalue weighted by Gasteiger charge is -2.27. The first-order valence-electron chi connectivity index (χ1n) is 11.7. The van der Waals surface area contributed by atoms with Crippen LogP contribution in [0.15, 0.2) is 47.0 Å². The summed E-state index contributed by atoms with van der Waals surface area (Å²) in [5.41, 5.74) is 0.159. The van der Waals surface area contributed by atoms with E-state index in [1.54, 1.807) is 90.9 Å². The van der Waals surface area contributed by atoms with Crippen LogP contribution in [0.1, 0.15) is 63.0 Å². The lowest BCUT2D eigenvalue weighted by atomic mass is 10.1. The molecule has 3 rings (SSSR count). The zero-order valence-electron chi connectivity index (χ0n) is 22.0. The quantitative estimate of drug-likeness (QED) is 0.407. The van der Waals surface area contributed by atoms with E-state index in [-0.39, 0.29) is 17.9 Å². The predicted octanol–water partition coefficient (Wildman–Crippen LogP) is 5.61. The van der Waals surface area contributed by atoms with Crippen LogP contribution in [-0.2, 0) is 20.8 Å². The maximum atomic E-state index is 13.0. The number of rotatable bonds is 5. The zero-order chi connectivity index (χ0) is 27.5. The van der Waals surface area contributed by atoms with Crippen molar-refractivity contribution < 1.29 is 33.2 Å². The zero-order valence-corrected chi connectivity index (χ0v) is 22.0. The van der Waals surface area contributed by atoms with Crippen molar-refractivity contribution in [3.63, 3.8) is 0 Å². The third kappa shape index (κ3) is 6.72. The molecule has 0 bridgehead atoms. The van der Waals surface area contributed by atoms with Crippen LogP contribution < -0.4 is 4.90 Å². The van der Waals surface area contributed by atoms with Crippen LogP contribution in [-0.4, -0.2) is 45.8 Å². The first-order valence-corrected chi connectivity index (χ1v) is 11.7. The van der Waals surface area contributed by atoms with Crippen LogP contribution >= 0.6 is 0 Å². The maximum absolute atomic E-state index is 13.0. The molecule has 4 amide bonds. The SMILES string of the molecule is Cc1ccccc1C(=O)N(C=O)Cc1ccc2onc(N(C(=O)OC(C)(C)C)C(=O)OC(C)(C)C)c2c1. The Bertz CT molecular complexity index is 1300. The molecule has 2 aromatic carbocycles. The van der Waals surface area contributed by atoms with Crippen molar-refractivity contribution in [3.05, 3.63) is 59.2 Å². The molecule has 0 unspecified atom stereocenters. The number of hydrogen-bond acceptors (Lipinski definition) is 8. The van der Waals surface area contributed by atoms with Crippen molar-refractivity contribution in [1.82, 2.24) is 10.1 Å². The number of amides is 4. The fourth-order valence-electron chi connectivity index (χ4n) is 3.42. The molecule has 0 aliphatic heterocycles. The van der Waals surface area contributed by atoms with Gasteiger partial charge in [-0.3, -0.25) is 14.5 Å². The summed E-state index contributed by atoms with van der Waals surface area (Å²) < 4.78 is 16.2. The van der Waals surface area contributed by atoms with E-state index in [1.807, 2.05) is 0 Å². The average Bonchev–Trinajstić information content (AvgIpc) is 3.18. The number of nitrogens with zero attached hydrogens (tertiary/aromatic N) is 3. The van der Waals surface area contributed by atoms with Gasteiger partial charge >= 0.3 is 12.2 Å². The monoisotopic (exact) mass is 509 g/mol. The van der Waals surface area contributed by atoms with Gasteiger partial charge in [0.1, 0.15) is 11.2 Å². The average molecular weight is 510 g/mol. The van der Waals surface area contributed by atoms with E-state index in [0.717, 1.165) is 10.5 Å². The molecule has 0 spiro atoms. The van der Waals surface area contributed by atoms with E-state index in [9.17, 15) is 19.2 Å². The summed E-state index contributed by atoms with van der Waals surface area (Å²) in [5, 5.41) is 4.23. The van der Waals surface area contributed by atoms with Crippen molar-refractivity contribution in [2.75, 3.05) is 4.90 Å². The summed E-state index contributed by atoms with van der Waals surface area (Å²) >= 11 is 0. The Kier molecular flexibility index (Phi) is 7.71. The summed E-state index contributed by atoms with van der Waals surface area (Å²) in [4.78, 5) is 52.6. The fraction of sp³-hybridized carbons (Fsp3) is 0.370. The molecule has 1 heterocycles. The highest BCUT2D eigenvalue weighted by Crippen LogP contribution is 2.30. The van der Waals surface area contributed by atoms with Crippen molar-refractivity contribution in [2.24, 2.45) is 0 Å². The minimum atomic E-state index is -0.994. The van der Waals surface area contributed by atoms with Gasteiger partial charge in [0.15, 0.2) is 11.4 Å². The largest absolute Gasteiger partial charge is 0.443 e. The summed E-state index contributed by atoms with van der Waals surface area (Å²) in [7, 11) is 0. The molecule has 1 aromatic heterocycles. The van der Waals surface area contributed by atoms with Gasteiger partial charge in [0.2, 0.25) is 6.41 Å². The number of fused-ring (bicyclic) bond motifs is 1. The normalized spacial score (nSPS) is 11.6. The summed E-state index contributed by atoms with van der Waals surface area (Å²) in [6.07, 6.45) is -1.53. The third-order valence-electron chi connectivity index (χ3n) is 5.00. The molecule has 0 saturated carbocycles. The van der Waals surface area contributed by atoms with Gasteiger partial charge in [-0.2, -0.15) is 4.90 Å². The summed E-state index contributed by atoms with van der Waals surface area (Å²) in [6, 6.07) is 11.8. The molecular formula is C27H31N3O7. The maximum Gasteiger partial charge on any atom is 0.425 e. The van der Waals surface area contributed by atoms with Gasteiger partial charge < -0.3 is 14.0 Å². The molecule has 0 N–H and O–H groups in total. The van der Waals surface area contributed by atoms with Crippen molar-refractivity contribution in [3.8, 4) is 0 Å². The Morgan fingerprint density at radius 2 is 1.54 bits per heavy atom. The van der Waals surface area contributed by atoms with E-state index in [0.29, 0.717) is 27.8 Å². The molecule has 10 heteroatoms. The molecule has 0 fully saturated rings. The number of imide groups is 2. The van der Waals surface area contributed by atoms with Crippen LogP contribution in [0.25, 0.3) is 11.0 Å². The predicted molar refractivity (Wildman–Crippen MR) is 136 cm³/mol. The van der Waals surface area contributed by atoms with Gasteiger partial charge in [-0.15, -0.1) is 0 Å². The second-order valence-electron chi connectivity index (χ2n) is 10.5. The Hall–Kier alpha value is -4.21. The first kappa shape index (κ1) is 27.4. The molecule has 0 atom stereocenters. The molecule has 3 aromatic rings. The van der Waals surface area contributed by atoms with Gasteiger partial charge in [-0.25, -0.2) is 9.59 Å². The molecule has 0 radical (unpaired) electrons. The summed E-state index contributed by atoms with van der Waals surface area (Å²) in [5.74, 6) is -0.592. The van der Waals surface area contributed by atoms with E-state index in [4.69, 9.17) is 14.0 Å². The highest BCUT2D eigenvalue weighted by Gasteiger charge is 2.36. The van der Waals surface area contributed by atoms with Gasteiger partial charge in [0, 0.05) is 5.56 Å². The minimum Gasteiger partial charge on any atom is -0.443 e. The van der Waals surface area contributed by atoms with Gasteiger partial charge in [0.05, 0.1) is 11.9 Å². The lowest BCUT2D eigenvalue weighted by molar-refractivity contribution is -0.116. The second-order valence-corrected chi connectivity index (χ2v) is 10.5. The molecule has 0 aliphatic carbocycles. The number of anilines is 1. The van der Waals surface area contributed by atoms with Crippen LogP contribution in [0.2, 0.25) is 0 Å². The lowest BCUT2D eigenvalue weighted by Crippen LogP contribution is -2.44. The highest BCUT2D eigenvalue weighted by molar-refractivity contribution is 6.13. The smallest absolute Gasteiger partial charge is 0.425 e. The van der Waals surface area contributed by atoms with Crippen LogP contribution in [0.4, 0.5) is 15.4 Å².